The minimum atomic E-state index is -1.15. The van der Waals surface area contributed by atoms with Gasteiger partial charge in [-0.3, -0.25) is 14.5 Å². The number of hydrogen-bond acceptors (Lipinski definition) is 3. The molecule has 2 rings (SSSR count). The Morgan fingerprint density at radius 2 is 2.00 bits per heavy atom. The van der Waals surface area contributed by atoms with Gasteiger partial charge in [0.05, 0.1) is 13.1 Å². The highest BCUT2D eigenvalue weighted by Crippen LogP contribution is 2.10. The molecule has 0 saturated carbocycles. The van der Waals surface area contributed by atoms with Crippen molar-refractivity contribution in [3.63, 3.8) is 0 Å². The summed E-state index contributed by atoms with van der Waals surface area (Å²) in [6.07, 6.45) is 0. The van der Waals surface area contributed by atoms with E-state index in [2.05, 4.69) is 5.32 Å². The normalized spacial score (nSPS) is 14.9. The third-order valence-corrected chi connectivity index (χ3v) is 2.48. The topological polar surface area (TPSA) is 66.5 Å². The van der Waals surface area contributed by atoms with Gasteiger partial charge in [-0.1, -0.05) is 0 Å². The molecule has 1 aromatic carbocycles. The van der Waals surface area contributed by atoms with Crippen LogP contribution in [0, 0.1) is 11.6 Å². The molecule has 7 heteroatoms. The van der Waals surface area contributed by atoms with E-state index < -0.39 is 35.9 Å². The van der Waals surface area contributed by atoms with Crippen LogP contribution < -0.4 is 5.32 Å². The maximum Gasteiger partial charge on any atom is 0.325 e. The fraction of sp³-hybridized carbons (Fsp3) is 0.182. The lowest BCUT2D eigenvalue weighted by molar-refractivity contribution is -0.124. The second-order valence-electron chi connectivity index (χ2n) is 3.69. The largest absolute Gasteiger partial charge is 0.329 e. The maximum atomic E-state index is 12.9. The highest BCUT2D eigenvalue weighted by molar-refractivity contribution is 6.07. The first kappa shape index (κ1) is 12.2. The number of halogens is 2. The van der Waals surface area contributed by atoms with Crippen LogP contribution in [0.3, 0.4) is 0 Å². The summed E-state index contributed by atoms with van der Waals surface area (Å²) in [6, 6.07) is 1.97. The Labute approximate surface area is 100 Å². The lowest BCUT2D eigenvalue weighted by Gasteiger charge is -2.11. The third-order valence-electron chi connectivity index (χ3n) is 2.48. The van der Waals surface area contributed by atoms with Crippen molar-refractivity contribution >= 4 is 17.7 Å². The second kappa shape index (κ2) is 4.52. The van der Waals surface area contributed by atoms with E-state index in [1.54, 1.807) is 0 Å². The average Bonchev–Trinajstić information content (AvgIpc) is 2.64. The number of urea groups is 1. The van der Waals surface area contributed by atoms with Crippen molar-refractivity contribution in [3.05, 3.63) is 35.4 Å². The minimum Gasteiger partial charge on any atom is -0.329 e. The molecule has 1 aliphatic rings. The number of amides is 3. The van der Waals surface area contributed by atoms with E-state index in [9.17, 15) is 23.2 Å². The van der Waals surface area contributed by atoms with E-state index in [4.69, 9.17) is 0 Å². The fourth-order valence-corrected chi connectivity index (χ4v) is 1.52. The minimum absolute atomic E-state index is 0.0959. The summed E-state index contributed by atoms with van der Waals surface area (Å²) >= 11 is 0. The zero-order valence-electron chi connectivity index (χ0n) is 9.07. The number of benzene rings is 1. The highest BCUT2D eigenvalue weighted by atomic mass is 19.2. The summed E-state index contributed by atoms with van der Waals surface area (Å²) in [4.78, 5) is 34.8. The number of hydrogen-bond donors (Lipinski definition) is 1. The van der Waals surface area contributed by atoms with Crippen LogP contribution in [0.1, 0.15) is 10.4 Å². The van der Waals surface area contributed by atoms with Gasteiger partial charge in [-0.25, -0.2) is 13.6 Å². The van der Waals surface area contributed by atoms with E-state index in [1.165, 1.54) is 0 Å². The summed E-state index contributed by atoms with van der Waals surface area (Å²) in [5, 5.41) is 2.25. The summed E-state index contributed by atoms with van der Waals surface area (Å²) in [7, 11) is 0. The van der Waals surface area contributed by atoms with Crippen LogP contribution in [-0.4, -0.2) is 35.7 Å². The SMILES string of the molecule is O=C(CN1C(=O)CNC1=O)c1ccc(F)c(F)c1. The van der Waals surface area contributed by atoms with E-state index in [0.717, 1.165) is 23.1 Å². The summed E-state index contributed by atoms with van der Waals surface area (Å²) in [5.74, 6) is -3.39. The smallest absolute Gasteiger partial charge is 0.325 e. The number of Topliss-reactive ketones (excluding diaryl/α,β-unsaturated/α-hetero) is 1. The predicted molar refractivity (Wildman–Crippen MR) is 55.8 cm³/mol. The van der Waals surface area contributed by atoms with Crippen molar-refractivity contribution in [3.8, 4) is 0 Å². The molecular weight excluding hydrogens is 246 g/mol. The molecule has 0 atom stereocenters. The molecular formula is C11H8F2N2O3. The van der Waals surface area contributed by atoms with Gasteiger partial charge in [-0.05, 0) is 18.2 Å². The van der Waals surface area contributed by atoms with Gasteiger partial charge in [-0.2, -0.15) is 0 Å². The summed E-state index contributed by atoms with van der Waals surface area (Å²) < 4.78 is 25.6. The first-order valence-corrected chi connectivity index (χ1v) is 5.05. The Balaban J connectivity index is 2.14. The molecule has 18 heavy (non-hydrogen) atoms. The van der Waals surface area contributed by atoms with Crippen molar-refractivity contribution in [2.24, 2.45) is 0 Å². The van der Waals surface area contributed by atoms with Crippen molar-refractivity contribution in [1.29, 1.82) is 0 Å². The van der Waals surface area contributed by atoms with Crippen LogP contribution in [0.4, 0.5) is 13.6 Å². The van der Waals surface area contributed by atoms with Gasteiger partial charge in [0.2, 0.25) is 5.91 Å². The van der Waals surface area contributed by atoms with Gasteiger partial charge in [-0.15, -0.1) is 0 Å². The quantitative estimate of drug-likeness (QED) is 0.637. The molecule has 1 aromatic rings. The lowest BCUT2D eigenvalue weighted by Crippen LogP contribution is -2.35. The molecule has 1 saturated heterocycles. The van der Waals surface area contributed by atoms with E-state index >= 15 is 0 Å². The van der Waals surface area contributed by atoms with Gasteiger partial charge in [0.1, 0.15) is 0 Å². The molecule has 0 unspecified atom stereocenters. The second-order valence-corrected chi connectivity index (χ2v) is 3.69. The molecule has 0 spiro atoms. The van der Waals surface area contributed by atoms with Crippen LogP contribution in [0.15, 0.2) is 18.2 Å². The number of ketones is 1. The van der Waals surface area contributed by atoms with Gasteiger partial charge in [0, 0.05) is 5.56 Å². The summed E-state index contributed by atoms with van der Waals surface area (Å²) in [6.45, 7) is -0.653. The molecule has 94 valence electrons. The van der Waals surface area contributed by atoms with Crippen molar-refractivity contribution in [1.82, 2.24) is 10.2 Å². The monoisotopic (exact) mass is 254 g/mol. The Hall–Kier alpha value is -2.31. The highest BCUT2D eigenvalue weighted by Gasteiger charge is 2.30. The Kier molecular flexibility index (Phi) is 3.05. The summed E-state index contributed by atoms with van der Waals surface area (Å²) in [5.41, 5.74) is -0.0959. The van der Waals surface area contributed by atoms with E-state index in [0.29, 0.717) is 0 Å². The number of imide groups is 1. The number of nitrogens with zero attached hydrogens (tertiary/aromatic N) is 1. The number of nitrogens with one attached hydrogen (secondary N) is 1. The molecule has 1 aliphatic heterocycles. The molecule has 0 bridgehead atoms. The molecule has 1 N–H and O–H groups in total. The Bertz CT molecular complexity index is 529. The van der Waals surface area contributed by atoms with Crippen LogP contribution in [0.25, 0.3) is 0 Å². The molecule has 0 aliphatic carbocycles. The van der Waals surface area contributed by atoms with Crippen molar-refractivity contribution in [2.75, 3.05) is 13.1 Å². The van der Waals surface area contributed by atoms with Gasteiger partial charge in [0.15, 0.2) is 17.4 Å². The zero-order chi connectivity index (χ0) is 13.3. The van der Waals surface area contributed by atoms with Gasteiger partial charge in [0.25, 0.3) is 0 Å². The van der Waals surface area contributed by atoms with Crippen LogP contribution in [0.2, 0.25) is 0 Å². The molecule has 0 aromatic heterocycles. The molecule has 5 nitrogen and oxygen atoms in total. The Morgan fingerprint density at radius 1 is 1.28 bits per heavy atom. The maximum absolute atomic E-state index is 12.9. The number of carbonyl (C=O) groups is 3. The molecule has 1 heterocycles. The van der Waals surface area contributed by atoms with Crippen LogP contribution in [0.5, 0.6) is 0 Å². The molecule has 1 fully saturated rings. The van der Waals surface area contributed by atoms with Gasteiger partial charge < -0.3 is 5.32 Å². The molecule has 3 amide bonds. The average molecular weight is 254 g/mol. The predicted octanol–water partition coefficient (Wildman–Crippen LogP) is 0.699. The van der Waals surface area contributed by atoms with Crippen LogP contribution >= 0.6 is 0 Å². The zero-order valence-corrected chi connectivity index (χ0v) is 9.07. The van der Waals surface area contributed by atoms with Crippen molar-refractivity contribution in [2.45, 2.75) is 0 Å². The third kappa shape index (κ3) is 2.20. The van der Waals surface area contributed by atoms with Crippen molar-refractivity contribution < 1.29 is 23.2 Å². The fourth-order valence-electron chi connectivity index (χ4n) is 1.52. The number of rotatable bonds is 3. The number of carbonyl (C=O) groups excluding carboxylic acids is 3. The van der Waals surface area contributed by atoms with Crippen LogP contribution in [-0.2, 0) is 4.79 Å². The first-order valence-electron chi connectivity index (χ1n) is 5.05. The standard InChI is InChI=1S/C11H8F2N2O3/c12-7-2-1-6(3-8(7)13)9(16)5-15-10(17)4-14-11(15)18/h1-3H,4-5H2,(H,14,18). The van der Waals surface area contributed by atoms with Gasteiger partial charge >= 0.3 is 6.03 Å². The van der Waals surface area contributed by atoms with E-state index in [-0.39, 0.29) is 12.1 Å². The molecule has 0 radical (unpaired) electrons. The Morgan fingerprint density at radius 3 is 2.56 bits per heavy atom. The first-order chi connectivity index (χ1) is 8.49. The van der Waals surface area contributed by atoms with E-state index in [1.807, 2.05) is 0 Å². The lowest BCUT2D eigenvalue weighted by atomic mass is 10.1.